The summed E-state index contributed by atoms with van der Waals surface area (Å²) in [6.07, 6.45) is 4.18. The Morgan fingerprint density at radius 1 is 0.950 bits per heavy atom. The predicted octanol–water partition coefficient (Wildman–Crippen LogP) is 4.00. The highest BCUT2D eigenvalue weighted by Gasteiger charge is 2.00. The van der Waals surface area contributed by atoms with E-state index in [1.165, 1.54) is 12.0 Å². The third-order valence-corrected chi connectivity index (χ3v) is 3.19. The maximum absolute atomic E-state index is 5.27. The maximum atomic E-state index is 5.27. The van der Waals surface area contributed by atoms with Gasteiger partial charge in [-0.05, 0) is 36.2 Å². The van der Waals surface area contributed by atoms with Gasteiger partial charge in [-0.1, -0.05) is 30.3 Å². The fourth-order valence-electron chi connectivity index (χ4n) is 2.11. The van der Waals surface area contributed by atoms with Crippen molar-refractivity contribution in [3.8, 4) is 11.3 Å². The second-order valence-corrected chi connectivity index (χ2v) is 4.61. The highest BCUT2D eigenvalue weighted by Crippen LogP contribution is 2.20. The van der Waals surface area contributed by atoms with Crippen LogP contribution in [0.2, 0.25) is 0 Å². The number of anilines is 1. The van der Waals surface area contributed by atoms with Crippen LogP contribution in [0.15, 0.2) is 71.6 Å². The molecule has 1 N–H and O–H groups in total. The van der Waals surface area contributed by atoms with Crippen molar-refractivity contribution in [3.63, 3.8) is 0 Å². The van der Waals surface area contributed by atoms with E-state index < -0.39 is 0 Å². The van der Waals surface area contributed by atoms with E-state index in [9.17, 15) is 0 Å². The van der Waals surface area contributed by atoms with E-state index in [-0.39, 0.29) is 0 Å². The summed E-state index contributed by atoms with van der Waals surface area (Å²) in [5, 5.41) is 3.42. The van der Waals surface area contributed by atoms with Crippen LogP contribution < -0.4 is 5.32 Å². The summed E-state index contributed by atoms with van der Waals surface area (Å²) >= 11 is 0. The quantitative estimate of drug-likeness (QED) is 0.757. The highest BCUT2D eigenvalue weighted by molar-refractivity contribution is 5.60. The summed E-state index contributed by atoms with van der Waals surface area (Å²) in [7, 11) is 0. The average molecular weight is 264 g/mol. The van der Waals surface area contributed by atoms with Crippen molar-refractivity contribution in [2.24, 2.45) is 0 Å². The Bertz CT molecular complexity index is 631. The Morgan fingerprint density at radius 3 is 2.45 bits per heavy atom. The minimum absolute atomic E-state index is 0.792. The second-order valence-electron chi connectivity index (χ2n) is 4.61. The van der Waals surface area contributed by atoms with Crippen LogP contribution in [0.25, 0.3) is 11.3 Å². The summed E-state index contributed by atoms with van der Waals surface area (Å²) in [5.41, 5.74) is 3.50. The Labute approximate surface area is 118 Å². The first-order chi connectivity index (χ1) is 9.92. The van der Waals surface area contributed by atoms with E-state index in [1.54, 1.807) is 6.20 Å². The van der Waals surface area contributed by atoms with Gasteiger partial charge in [0.25, 0.3) is 0 Å². The Hall–Kier alpha value is -2.55. The van der Waals surface area contributed by atoms with E-state index in [2.05, 4.69) is 46.7 Å². The largest absolute Gasteiger partial charge is 0.444 e. The lowest BCUT2D eigenvalue weighted by molar-refractivity contribution is 0.572. The van der Waals surface area contributed by atoms with Crippen molar-refractivity contribution in [1.82, 2.24) is 4.98 Å². The zero-order valence-corrected chi connectivity index (χ0v) is 11.1. The SMILES string of the molecule is c1ccc(CCNc2ccc(-c3cnco3)cc2)cc1. The number of nitrogens with one attached hydrogen (secondary N) is 1. The van der Waals surface area contributed by atoms with E-state index in [4.69, 9.17) is 4.42 Å². The molecule has 100 valence electrons. The lowest BCUT2D eigenvalue weighted by atomic mass is 10.1. The summed E-state index contributed by atoms with van der Waals surface area (Å²) in [5.74, 6) is 0.792. The normalized spacial score (nSPS) is 10.4. The number of aromatic nitrogens is 1. The molecule has 0 spiro atoms. The lowest BCUT2D eigenvalue weighted by Gasteiger charge is -2.07. The van der Waals surface area contributed by atoms with Crippen molar-refractivity contribution in [1.29, 1.82) is 0 Å². The number of hydrogen-bond donors (Lipinski definition) is 1. The van der Waals surface area contributed by atoms with Crippen molar-refractivity contribution < 1.29 is 4.42 Å². The van der Waals surface area contributed by atoms with Crippen molar-refractivity contribution in [3.05, 3.63) is 72.8 Å². The van der Waals surface area contributed by atoms with Gasteiger partial charge in [-0.2, -0.15) is 0 Å². The molecule has 0 bridgehead atoms. The standard InChI is InChI=1S/C17H16N2O/c1-2-4-14(5-3-1)10-11-19-16-8-6-15(7-9-16)17-12-18-13-20-17/h1-9,12-13,19H,10-11H2. The van der Waals surface area contributed by atoms with Crippen LogP contribution in [-0.2, 0) is 6.42 Å². The van der Waals surface area contributed by atoms with Crippen LogP contribution in [0.4, 0.5) is 5.69 Å². The molecule has 0 saturated carbocycles. The van der Waals surface area contributed by atoms with Gasteiger partial charge in [0.15, 0.2) is 12.2 Å². The fourth-order valence-corrected chi connectivity index (χ4v) is 2.11. The lowest BCUT2D eigenvalue weighted by Crippen LogP contribution is -2.04. The van der Waals surface area contributed by atoms with E-state index >= 15 is 0 Å². The van der Waals surface area contributed by atoms with Gasteiger partial charge in [-0.3, -0.25) is 0 Å². The number of hydrogen-bond acceptors (Lipinski definition) is 3. The summed E-state index contributed by atoms with van der Waals surface area (Å²) in [6.45, 7) is 0.922. The van der Waals surface area contributed by atoms with Crippen LogP contribution in [0, 0.1) is 0 Å². The van der Waals surface area contributed by atoms with E-state index in [1.807, 2.05) is 18.2 Å². The maximum Gasteiger partial charge on any atom is 0.181 e. The number of rotatable bonds is 5. The average Bonchev–Trinajstić information content (AvgIpc) is 3.03. The van der Waals surface area contributed by atoms with Crippen LogP contribution in [-0.4, -0.2) is 11.5 Å². The smallest absolute Gasteiger partial charge is 0.181 e. The first-order valence-corrected chi connectivity index (χ1v) is 6.68. The van der Waals surface area contributed by atoms with Crippen molar-refractivity contribution in [2.45, 2.75) is 6.42 Å². The first-order valence-electron chi connectivity index (χ1n) is 6.68. The zero-order valence-electron chi connectivity index (χ0n) is 11.1. The molecule has 1 heterocycles. The molecule has 0 amide bonds. The molecule has 0 aliphatic carbocycles. The van der Waals surface area contributed by atoms with Gasteiger partial charge in [0.2, 0.25) is 0 Å². The molecule has 3 rings (SSSR count). The van der Waals surface area contributed by atoms with Gasteiger partial charge in [-0.15, -0.1) is 0 Å². The van der Waals surface area contributed by atoms with Gasteiger partial charge in [0, 0.05) is 17.8 Å². The molecule has 3 aromatic rings. The summed E-state index contributed by atoms with van der Waals surface area (Å²) in [6, 6.07) is 18.7. The molecule has 0 unspecified atom stereocenters. The molecule has 1 aromatic heterocycles. The molecule has 0 aliphatic rings. The molecular weight excluding hydrogens is 248 g/mol. The molecule has 3 nitrogen and oxygen atoms in total. The van der Waals surface area contributed by atoms with Crippen LogP contribution in [0.3, 0.4) is 0 Å². The molecule has 0 radical (unpaired) electrons. The second kappa shape index (κ2) is 6.06. The van der Waals surface area contributed by atoms with Gasteiger partial charge in [0.05, 0.1) is 6.20 Å². The predicted molar refractivity (Wildman–Crippen MR) is 80.6 cm³/mol. The van der Waals surface area contributed by atoms with Crippen LogP contribution in [0.1, 0.15) is 5.56 Å². The molecule has 0 saturated heterocycles. The van der Waals surface area contributed by atoms with Gasteiger partial charge >= 0.3 is 0 Å². The Kier molecular flexibility index (Phi) is 3.78. The Balaban J connectivity index is 1.56. The Morgan fingerprint density at radius 2 is 1.75 bits per heavy atom. The van der Waals surface area contributed by atoms with Crippen molar-refractivity contribution in [2.75, 3.05) is 11.9 Å². The number of nitrogens with zero attached hydrogens (tertiary/aromatic N) is 1. The monoisotopic (exact) mass is 264 g/mol. The number of benzene rings is 2. The molecule has 2 aromatic carbocycles. The van der Waals surface area contributed by atoms with E-state index in [0.717, 1.165) is 30.0 Å². The zero-order chi connectivity index (χ0) is 13.6. The van der Waals surface area contributed by atoms with Gasteiger partial charge < -0.3 is 9.73 Å². The summed E-state index contributed by atoms with van der Waals surface area (Å²) in [4.78, 5) is 3.92. The fraction of sp³-hybridized carbons (Fsp3) is 0.118. The van der Waals surface area contributed by atoms with Crippen LogP contribution >= 0.6 is 0 Å². The van der Waals surface area contributed by atoms with Gasteiger partial charge in [-0.25, -0.2) is 4.98 Å². The molecule has 0 atom stereocenters. The third kappa shape index (κ3) is 3.06. The molecule has 0 aliphatic heterocycles. The molecule has 0 fully saturated rings. The summed E-state index contributed by atoms with van der Waals surface area (Å²) < 4.78 is 5.27. The van der Waals surface area contributed by atoms with Crippen molar-refractivity contribution >= 4 is 5.69 Å². The third-order valence-electron chi connectivity index (χ3n) is 3.19. The molecule has 20 heavy (non-hydrogen) atoms. The minimum Gasteiger partial charge on any atom is -0.444 e. The van der Waals surface area contributed by atoms with E-state index in [0.29, 0.717) is 0 Å². The first kappa shape index (κ1) is 12.5. The van der Waals surface area contributed by atoms with Gasteiger partial charge in [0.1, 0.15) is 0 Å². The topological polar surface area (TPSA) is 38.1 Å². The number of oxazole rings is 1. The minimum atomic E-state index is 0.792. The van der Waals surface area contributed by atoms with Crippen LogP contribution in [0.5, 0.6) is 0 Å². The highest BCUT2D eigenvalue weighted by atomic mass is 16.3. The molecule has 3 heteroatoms. The molecular formula is C17H16N2O.